The predicted molar refractivity (Wildman–Crippen MR) is 115 cm³/mol. The summed E-state index contributed by atoms with van der Waals surface area (Å²) in [5.41, 5.74) is 0.902. The van der Waals surface area contributed by atoms with Crippen molar-refractivity contribution in [1.82, 2.24) is 4.98 Å². The molecule has 1 unspecified atom stereocenters. The molecule has 134 valence electrons. The molecule has 1 aromatic heterocycles. The molecule has 4 heteroatoms. The highest BCUT2D eigenvalue weighted by molar-refractivity contribution is 9.10. The van der Waals surface area contributed by atoms with Gasteiger partial charge in [-0.25, -0.2) is 4.98 Å². The lowest BCUT2D eigenvalue weighted by Crippen LogP contribution is -2.47. The topological polar surface area (TPSA) is 22.1 Å². The first kappa shape index (κ1) is 19.0. The van der Waals surface area contributed by atoms with Gasteiger partial charge in [0.1, 0.15) is 4.60 Å². The van der Waals surface area contributed by atoms with Crippen LogP contribution in [0.15, 0.2) is 83.5 Å². The van der Waals surface area contributed by atoms with Crippen molar-refractivity contribution in [2.75, 3.05) is 0 Å². The van der Waals surface area contributed by atoms with E-state index in [2.05, 4.69) is 103 Å². The number of aromatic nitrogens is 1. The van der Waals surface area contributed by atoms with Gasteiger partial charge in [-0.1, -0.05) is 87.5 Å². The number of hydrogen-bond donors (Lipinski definition) is 0. The quantitative estimate of drug-likeness (QED) is 0.443. The Morgan fingerprint density at radius 3 is 1.81 bits per heavy atom. The fraction of sp³-hybridized carbons (Fsp3) is 0.227. The highest BCUT2D eigenvalue weighted by atomic mass is 79.9. The van der Waals surface area contributed by atoms with Crippen LogP contribution in [0.2, 0.25) is 0 Å². The highest BCUT2D eigenvalue weighted by Crippen LogP contribution is 2.36. The number of nitrogens with zero attached hydrogens (tertiary/aromatic N) is 1. The van der Waals surface area contributed by atoms with E-state index < -0.39 is 9.04 Å². The molecule has 2 nitrogen and oxygen atoms in total. The molecule has 0 saturated heterocycles. The predicted octanol–water partition coefficient (Wildman–Crippen LogP) is 4.49. The van der Waals surface area contributed by atoms with Gasteiger partial charge in [0.05, 0.1) is 11.8 Å². The lowest BCUT2D eigenvalue weighted by atomic mass is 9.87. The van der Waals surface area contributed by atoms with Crippen LogP contribution in [-0.2, 0) is 4.43 Å². The molecule has 0 aliphatic rings. The van der Waals surface area contributed by atoms with E-state index in [0.29, 0.717) is 0 Å². The first-order valence-corrected chi connectivity index (χ1v) is 11.2. The molecule has 2 aromatic carbocycles. The maximum Gasteiger partial charge on any atom is 0.240 e. The Bertz CT molecular complexity index is 794. The van der Waals surface area contributed by atoms with Crippen molar-refractivity contribution >= 4 is 35.3 Å². The molecule has 0 spiro atoms. The van der Waals surface area contributed by atoms with Crippen molar-refractivity contribution in [1.29, 1.82) is 0 Å². The van der Waals surface area contributed by atoms with Crippen LogP contribution in [0.4, 0.5) is 0 Å². The summed E-state index contributed by atoms with van der Waals surface area (Å²) in [7, 11) is -1.85. The van der Waals surface area contributed by atoms with E-state index in [9.17, 15) is 0 Å². The van der Waals surface area contributed by atoms with Crippen LogP contribution >= 0.6 is 15.9 Å². The Morgan fingerprint density at radius 1 is 0.808 bits per heavy atom. The Labute approximate surface area is 166 Å². The van der Waals surface area contributed by atoms with Crippen LogP contribution in [0.1, 0.15) is 32.6 Å². The molecule has 0 bridgehead atoms. The van der Waals surface area contributed by atoms with Crippen LogP contribution in [-0.4, -0.2) is 14.0 Å². The number of rotatable bonds is 5. The zero-order chi connectivity index (χ0) is 18.6. The summed E-state index contributed by atoms with van der Waals surface area (Å²) in [6, 6.07) is 27.2. The lowest BCUT2D eigenvalue weighted by Gasteiger charge is -2.34. The minimum Gasteiger partial charge on any atom is -0.402 e. The summed E-state index contributed by atoms with van der Waals surface area (Å²) in [5, 5.41) is 2.56. The molecule has 0 radical (unpaired) electrons. The van der Waals surface area contributed by atoms with E-state index in [1.54, 1.807) is 0 Å². The molecule has 26 heavy (non-hydrogen) atoms. The van der Waals surface area contributed by atoms with E-state index in [0.717, 1.165) is 10.3 Å². The van der Waals surface area contributed by atoms with Crippen molar-refractivity contribution in [3.05, 3.63) is 89.2 Å². The fourth-order valence-electron chi connectivity index (χ4n) is 3.03. The molecule has 0 aliphatic heterocycles. The number of benzene rings is 2. The van der Waals surface area contributed by atoms with Crippen LogP contribution in [0.25, 0.3) is 0 Å². The Hall–Kier alpha value is -1.75. The molecule has 0 saturated carbocycles. The monoisotopic (exact) mass is 425 g/mol. The van der Waals surface area contributed by atoms with Crippen molar-refractivity contribution in [2.45, 2.75) is 26.9 Å². The third-order valence-electron chi connectivity index (χ3n) is 4.27. The summed E-state index contributed by atoms with van der Waals surface area (Å²) in [4.78, 5) is 4.69. The fourth-order valence-corrected chi connectivity index (χ4v) is 6.05. The molecular formula is C22H24BrNOSi. The van der Waals surface area contributed by atoms with Gasteiger partial charge in [-0.15, -0.1) is 0 Å². The molecule has 3 aromatic rings. The van der Waals surface area contributed by atoms with Gasteiger partial charge in [-0.05, 0) is 43.9 Å². The summed E-state index contributed by atoms with van der Waals surface area (Å²) in [6.45, 7) is 6.63. The van der Waals surface area contributed by atoms with E-state index >= 15 is 0 Å². The van der Waals surface area contributed by atoms with Crippen LogP contribution < -0.4 is 10.4 Å². The second-order valence-electron chi connectivity index (χ2n) is 7.47. The average molecular weight is 426 g/mol. The van der Waals surface area contributed by atoms with Crippen molar-refractivity contribution in [2.24, 2.45) is 5.41 Å². The third kappa shape index (κ3) is 4.70. The number of pyridine rings is 1. The van der Waals surface area contributed by atoms with E-state index in [1.165, 1.54) is 10.4 Å². The van der Waals surface area contributed by atoms with Gasteiger partial charge in [-0.2, -0.15) is 0 Å². The smallest absolute Gasteiger partial charge is 0.240 e. The summed E-state index contributed by atoms with van der Waals surface area (Å²) >= 11 is 3.50. The Morgan fingerprint density at radius 2 is 1.35 bits per heavy atom. The van der Waals surface area contributed by atoms with E-state index in [-0.39, 0.29) is 11.5 Å². The largest absolute Gasteiger partial charge is 0.402 e. The minimum absolute atomic E-state index is 0.0669. The molecule has 0 aliphatic carbocycles. The molecule has 1 atom stereocenters. The molecular weight excluding hydrogens is 402 g/mol. The average Bonchev–Trinajstić information content (AvgIpc) is 2.63. The molecule has 1 heterocycles. The van der Waals surface area contributed by atoms with Crippen molar-refractivity contribution < 1.29 is 4.43 Å². The maximum absolute atomic E-state index is 6.88. The number of halogens is 1. The van der Waals surface area contributed by atoms with Crippen LogP contribution in [0, 0.1) is 5.41 Å². The maximum atomic E-state index is 6.88. The standard InChI is InChI=1S/C22H24BrNOSi/c1-22(2,3)21(19-15-10-16-20(23)24-19)25-26(17-11-6-4-7-12-17)18-13-8-5-9-14-18/h4-16,21,26H,1-3H3. The molecule has 0 N–H and O–H groups in total. The Kier molecular flexibility index (Phi) is 6.07. The highest BCUT2D eigenvalue weighted by Gasteiger charge is 2.32. The van der Waals surface area contributed by atoms with E-state index in [1.807, 2.05) is 12.1 Å². The van der Waals surface area contributed by atoms with Gasteiger partial charge in [0.15, 0.2) is 0 Å². The molecule has 3 rings (SSSR count). The first-order valence-electron chi connectivity index (χ1n) is 8.83. The van der Waals surface area contributed by atoms with Crippen molar-refractivity contribution in [3.8, 4) is 0 Å². The number of hydrogen-bond acceptors (Lipinski definition) is 2. The SMILES string of the molecule is CC(C)(C)C(O[SiH](c1ccccc1)c1ccccc1)c1cccc(Br)n1. The third-order valence-corrected chi connectivity index (χ3v) is 7.24. The second kappa shape index (κ2) is 8.29. The summed E-state index contributed by atoms with van der Waals surface area (Å²) in [5.74, 6) is 0. The molecule has 0 fully saturated rings. The van der Waals surface area contributed by atoms with Gasteiger partial charge in [0.2, 0.25) is 9.04 Å². The van der Waals surface area contributed by atoms with Gasteiger partial charge in [0, 0.05) is 0 Å². The Balaban J connectivity index is 2.03. The lowest BCUT2D eigenvalue weighted by molar-refractivity contribution is 0.0856. The van der Waals surface area contributed by atoms with E-state index in [4.69, 9.17) is 9.41 Å². The van der Waals surface area contributed by atoms with Gasteiger partial charge < -0.3 is 4.43 Å². The zero-order valence-electron chi connectivity index (χ0n) is 15.4. The van der Waals surface area contributed by atoms with Crippen LogP contribution in [0.3, 0.4) is 0 Å². The van der Waals surface area contributed by atoms with Gasteiger partial charge in [-0.3, -0.25) is 0 Å². The van der Waals surface area contributed by atoms with Gasteiger partial charge >= 0.3 is 0 Å². The van der Waals surface area contributed by atoms with Crippen LogP contribution in [0.5, 0.6) is 0 Å². The minimum atomic E-state index is -1.85. The molecule has 0 amide bonds. The van der Waals surface area contributed by atoms with Crippen molar-refractivity contribution in [3.63, 3.8) is 0 Å². The normalized spacial score (nSPS) is 13.0. The summed E-state index contributed by atoms with van der Waals surface area (Å²) in [6.07, 6.45) is -0.0860. The second-order valence-corrected chi connectivity index (χ2v) is 10.6. The summed E-state index contributed by atoms with van der Waals surface area (Å²) < 4.78 is 7.72. The van der Waals surface area contributed by atoms with Gasteiger partial charge in [0.25, 0.3) is 0 Å². The zero-order valence-corrected chi connectivity index (χ0v) is 18.1. The first-order chi connectivity index (χ1) is 12.4.